The van der Waals surface area contributed by atoms with Gasteiger partial charge in [-0.2, -0.15) is 10.5 Å². The van der Waals surface area contributed by atoms with Crippen molar-refractivity contribution in [3.8, 4) is 46.3 Å². The number of halogens is 1. The molecule has 0 saturated heterocycles. The number of phenols is 2. The van der Waals surface area contributed by atoms with E-state index in [0.29, 0.717) is 32.6 Å². The number of benzene rings is 4. The first kappa shape index (κ1) is 29.8. The van der Waals surface area contributed by atoms with Crippen molar-refractivity contribution in [3.63, 3.8) is 0 Å². The maximum atomic E-state index is 9.56. The molecule has 38 heavy (non-hydrogen) atoms. The minimum Gasteiger partial charge on any atom is -0.508 e. The molecule has 10 heteroatoms. The second-order valence-corrected chi connectivity index (χ2v) is 8.42. The number of nitriles is 2. The molecule has 0 fully saturated rings. The van der Waals surface area contributed by atoms with Crippen molar-refractivity contribution in [2.45, 2.75) is 0 Å². The second-order valence-electron chi connectivity index (χ2n) is 7.51. The normalized spacial score (nSPS) is 9.34. The molecule has 0 unspecified atom stereocenters. The lowest BCUT2D eigenvalue weighted by atomic mass is 9.80. The molecule has 0 saturated carbocycles. The SMILES string of the molecule is COc1ccccc1-c1cc(O)cc(C#N)c1.COc1ccccc1B(O)O.N#Cc1cc(O)cc(Br)c1. The average molecular weight is 575 g/mol. The Morgan fingerprint density at radius 3 is 1.76 bits per heavy atom. The predicted molar refractivity (Wildman–Crippen MR) is 148 cm³/mol. The van der Waals surface area contributed by atoms with Crippen molar-refractivity contribution in [1.29, 1.82) is 10.5 Å². The number of para-hydroxylation sites is 2. The standard InChI is InChI=1S/C14H11NO2.C7H9BO3.C7H4BrNO/c1-17-14-5-3-2-4-13(14)11-6-10(9-15)7-12(16)8-11;1-11-7-5-3-2-4-6(7)8(9)10;8-6-1-5(4-9)2-7(10)3-6/h2-8,16H,1H3;2-5,9-10H,1H3;1-3,10H. The van der Waals surface area contributed by atoms with Crippen LogP contribution in [-0.4, -0.2) is 41.6 Å². The zero-order chi connectivity index (χ0) is 28.1. The third-order valence-corrected chi connectivity index (χ3v) is 5.35. The van der Waals surface area contributed by atoms with Gasteiger partial charge in [0.1, 0.15) is 23.0 Å². The highest BCUT2D eigenvalue weighted by atomic mass is 79.9. The fourth-order valence-electron chi connectivity index (χ4n) is 3.23. The van der Waals surface area contributed by atoms with Crippen LogP contribution < -0.4 is 14.9 Å². The molecule has 0 aliphatic heterocycles. The molecule has 0 heterocycles. The molecule has 4 aromatic carbocycles. The predicted octanol–water partition coefficient (Wildman–Crippen LogP) is 4.34. The molecule has 4 N–H and O–H groups in total. The van der Waals surface area contributed by atoms with Gasteiger partial charge < -0.3 is 29.7 Å². The lowest BCUT2D eigenvalue weighted by Crippen LogP contribution is -2.30. The third-order valence-electron chi connectivity index (χ3n) is 4.89. The van der Waals surface area contributed by atoms with Crippen LogP contribution in [0.2, 0.25) is 0 Å². The number of hydrogen-bond donors (Lipinski definition) is 4. The van der Waals surface area contributed by atoms with E-state index in [-0.39, 0.29) is 11.5 Å². The maximum absolute atomic E-state index is 9.56. The number of hydrogen-bond acceptors (Lipinski definition) is 8. The summed E-state index contributed by atoms with van der Waals surface area (Å²) in [5, 5.41) is 53.4. The molecular formula is C28H24BBrN2O6. The third kappa shape index (κ3) is 8.88. The van der Waals surface area contributed by atoms with Gasteiger partial charge in [-0.25, -0.2) is 0 Å². The Hall–Kier alpha value is -4.48. The minimum absolute atomic E-state index is 0.0740. The van der Waals surface area contributed by atoms with E-state index in [2.05, 4.69) is 15.9 Å². The zero-order valence-corrected chi connectivity index (χ0v) is 22.1. The fraction of sp³-hybridized carbons (Fsp3) is 0.0714. The highest BCUT2D eigenvalue weighted by Crippen LogP contribution is 2.32. The molecule has 4 rings (SSSR count). The summed E-state index contributed by atoms with van der Waals surface area (Å²) in [6.45, 7) is 0. The van der Waals surface area contributed by atoms with Crippen molar-refractivity contribution >= 4 is 28.5 Å². The summed E-state index contributed by atoms with van der Waals surface area (Å²) in [7, 11) is 1.61. The first-order valence-electron chi connectivity index (χ1n) is 11.0. The summed E-state index contributed by atoms with van der Waals surface area (Å²) in [6.07, 6.45) is 0. The van der Waals surface area contributed by atoms with Crippen molar-refractivity contribution in [3.05, 3.63) is 101 Å². The summed E-state index contributed by atoms with van der Waals surface area (Å²) < 4.78 is 10.8. The zero-order valence-electron chi connectivity index (χ0n) is 20.5. The Balaban J connectivity index is 0.000000211. The van der Waals surface area contributed by atoms with Gasteiger partial charge in [-0.15, -0.1) is 0 Å². The number of ether oxygens (including phenoxy) is 2. The summed E-state index contributed by atoms with van der Waals surface area (Å²) in [4.78, 5) is 0. The summed E-state index contributed by atoms with van der Waals surface area (Å²) >= 11 is 3.14. The lowest BCUT2D eigenvalue weighted by molar-refractivity contribution is 0.403. The number of rotatable bonds is 4. The summed E-state index contributed by atoms with van der Waals surface area (Å²) in [6, 6.07) is 27.5. The van der Waals surface area contributed by atoms with Gasteiger partial charge in [0.15, 0.2) is 0 Å². The van der Waals surface area contributed by atoms with E-state index in [9.17, 15) is 5.11 Å². The Bertz CT molecular complexity index is 1430. The molecule has 0 radical (unpaired) electrons. The minimum atomic E-state index is -1.47. The molecule has 0 aliphatic carbocycles. The van der Waals surface area contributed by atoms with Crippen LogP contribution in [0.3, 0.4) is 0 Å². The van der Waals surface area contributed by atoms with Crippen LogP contribution in [0.5, 0.6) is 23.0 Å². The Morgan fingerprint density at radius 1 is 0.711 bits per heavy atom. The van der Waals surface area contributed by atoms with E-state index in [4.69, 9.17) is 35.2 Å². The van der Waals surface area contributed by atoms with Gasteiger partial charge >= 0.3 is 7.12 Å². The molecular weight excluding hydrogens is 551 g/mol. The quantitative estimate of drug-likeness (QED) is 0.263. The number of methoxy groups -OCH3 is 2. The van der Waals surface area contributed by atoms with E-state index in [1.807, 2.05) is 36.4 Å². The summed E-state index contributed by atoms with van der Waals surface area (Å²) in [5.41, 5.74) is 2.87. The van der Waals surface area contributed by atoms with Crippen LogP contribution in [0.4, 0.5) is 0 Å². The Morgan fingerprint density at radius 2 is 1.24 bits per heavy atom. The van der Waals surface area contributed by atoms with Gasteiger partial charge in [0.25, 0.3) is 0 Å². The number of aromatic hydroxyl groups is 2. The van der Waals surface area contributed by atoms with Crippen LogP contribution in [-0.2, 0) is 0 Å². The van der Waals surface area contributed by atoms with Gasteiger partial charge in [0, 0.05) is 15.5 Å². The van der Waals surface area contributed by atoms with Crippen LogP contribution in [0, 0.1) is 22.7 Å². The highest BCUT2D eigenvalue weighted by molar-refractivity contribution is 9.10. The van der Waals surface area contributed by atoms with Crippen LogP contribution >= 0.6 is 15.9 Å². The first-order chi connectivity index (χ1) is 18.2. The van der Waals surface area contributed by atoms with Gasteiger partial charge in [-0.1, -0.05) is 52.3 Å². The molecule has 8 nitrogen and oxygen atoms in total. The van der Waals surface area contributed by atoms with Gasteiger partial charge in [-0.05, 0) is 54.1 Å². The van der Waals surface area contributed by atoms with E-state index >= 15 is 0 Å². The van der Waals surface area contributed by atoms with E-state index in [1.165, 1.54) is 25.3 Å². The van der Waals surface area contributed by atoms with Crippen LogP contribution in [0.15, 0.2) is 89.4 Å². The first-order valence-corrected chi connectivity index (χ1v) is 11.8. The molecule has 0 bridgehead atoms. The largest absolute Gasteiger partial charge is 0.508 e. The van der Waals surface area contributed by atoms with Crippen LogP contribution in [0.25, 0.3) is 11.1 Å². The second kappa shape index (κ2) is 14.9. The number of nitrogens with zero attached hydrogens (tertiary/aromatic N) is 2. The van der Waals surface area contributed by atoms with Gasteiger partial charge in [0.2, 0.25) is 0 Å². The topological polar surface area (TPSA) is 147 Å². The highest BCUT2D eigenvalue weighted by Gasteiger charge is 2.15. The lowest BCUT2D eigenvalue weighted by Gasteiger charge is -2.08. The van der Waals surface area contributed by atoms with Crippen LogP contribution in [0.1, 0.15) is 11.1 Å². The molecule has 0 atom stereocenters. The Kier molecular flexibility index (Phi) is 11.7. The van der Waals surface area contributed by atoms with E-state index < -0.39 is 7.12 Å². The van der Waals surface area contributed by atoms with E-state index in [0.717, 1.165) is 11.1 Å². The van der Waals surface area contributed by atoms with Crippen molar-refractivity contribution in [1.82, 2.24) is 0 Å². The molecule has 192 valence electrons. The Labute approximate surface area is 229 Å². The maximum Gasteiger partial charge on any atom is 0.492 e. The van der Waals surface area contributed by atoms with E-state index in [1.54, 1.807) is 49.6 Å². The monoisotopic (exact) mass is 574 g/mol. The van der Waals surface area contributed by atoms with Crippen molar-refractivity contribution in [2.24, 2.45) is 0 Å². The molecule has 0 aromatic heterocycles. The average Bonchev–Trinajstić information content (AvgIpc) is 2.92. The van der Waals surface area contributed by atoms with Crippen molar-refractivity contribution < 1.29 is 29.7 Å². The summed E-state index contributed by atoms with van der Waals surface area (Å²) in [5.74, 6) is 1.38. The van der Waals surface area contributed by atoms with Crippen molar-refractivity contribution in [2.75, 3.05) is 14.2 Å². The molecule has 0 aliphatic rings. The fourth-order valence-corrected chi connectivity index (χ4v) is 3.71. The smallest absolute Gasteiger partial charge is 0.492 e. The molecule has 0 spiro atoms. The molecule has 0 amide bonds. The number of phenolic OH excluding ortho intramolecular Hbond substituents is 2. The molecule has 4 aromatic rings. The van der Waals surface area contributed by atoms with Gasteiger partial charge in [0.05, 0.1) is 37.5 Å². The van der Waals surface area contributed by atoms with Gasteiger partial charge in [-0.3, -0.25) is 0 Å².